The molecule has 2 rings (SSSR count). The number of carbonyl (C=O) groups excluding carboxylic acids is 1. The Morgan fingerprint density at radius 3 is 2.41 bits per heavy atom. The third-order valence-corrected chi connectivity index (χ3v) is 6.41. The van der Waals surface area contributed by atoms with Crippen molar-refractivity contribution in [1.82, 2.24) is 9.79 Å². The van der Waals surface area contributed by atoms with Crippen LogP contribution in [0.25, 0.3) is 0 Å². The molecular formula is C17H16Cl2FN2O4S-. The molecule has 2 aromatic rings. The van der Waals surface area contributed by atoms with Crippen molar-refractivity contribution < 1.29 is 17.6 Å². The van der Waals surface area contributed by atoms with Gasteiger partial charge < -0.3 is 10.7 Å². The third-order valence-electron chi connectivity index (χ3n) is 3.87. The Balaban J connectivity index is 2.44. The molecule has 1 amide bonds. The Morgan fingerprint density at radius 1 is 1.22 bits per heavy atom. The summed E-state index contributed by atoms with van der Waals surface area (Å²) in [4.78, 5) is 11.2. The van der Waals surface area contributed by atoms with Crippen molar-refractivity contribution in [2.45, 2.75) is 24.8 Å². The molecule has 0 radical (unpaired) electrons. The van der Waals surface area contributed by atoms with Crippen LogP contribution in [-0.4, -0.2) is 25.2 Å². The molecule has 6 nitrogen and oxygen atoms in total. The van der Waals surface area contributed by atoms with E-state index in [0.717, 1.165) is 16.4 Å². The first-order valence-corrected chi connectivity index (χ1v) is 9.96. The zero-order chi connectivity index (χ0) is 20.2. The average Bonchev–Trinajstić information content (AvgIpc) is 2.62. The van der Waals surface area contributed by atoms with Crippen molar-refractivity contribution in [2.75, 3.05) is 6.54 Å². The number of benzene rings is 2. The lowest BCUT2D eigenvalue weighted by Crippen LogP contribution is -2.34. The summed E-state index contributed by atoms with van der Waals surface area (Å²) in [5, 5.41) is 11.0. The van der Waals surface area contributed by atoms with Gasteiger partial charge in [-0.1, -0.05) is 29.3 Å². The van der Waals surface area contributed by atoms with Crippen LogP contribution in [0.5, 0.6) is 0 Å². The molecule has 0 saturated heterocycles. The first-order chi connectivity index (χ1) is 12.7. The zero-order valence-corrected chi connectivity index (χ0v) is 16.5. The van der Waals surface area contributed by atoms with Crippen LogP contribution in [0.4, 0.5) is 4.39 Å². The van der Waals surface area contributed by atoms with E-state index in [-0.39, 0.29) is 40.0 Å². The molecule has 0 aromatic heterocycles. The number of nitrogens with one attached hydrogen (secondary N) is 1. The summed E-state index contributed by atoms with van der Waals surface area (Å²) in [6.07, 6.45) is -0.356. The maximum absolute atomic E-state index is 13.5. The Morgan fingerprint density at radius 2 is 1.85 bits per heavy atom. The number of hydroxylamine groups is 1. The lowest BCUT2D eigenvalue weighted by molar-refractivity contribution is -0.120. The van der Waals surface area contributed by atoms with Gasteiger partial charge in [-0.3, -0.25) is 4.79 Å². The molecule has 0 aliphatic heterocycles. The van der Waals surface area contributed by atoms with E-state index in [2.05, 4.69) is 0 Å². The van der Waals surface area contributed by atoms with Gasteiger partial charge in [-0.15, -0.1) is 0 Å². The van der Waals surface area contributed by atoms with Crippen LogP contribution in [0.3, 0.4) is 0 Å². The predicted molar refractivity (Wildman–Crippen MR) is 101 cm³/mol. The number of hydrogen-bond donors (Lipinski definition) is 1. The molecule has 0 atom stereocenters. The molecule has 10 heteroatoms. The monoisotopic (exact) mass is 433 g/mol. The minimum atomic E-state index is -4.11. The molecule has 146 valence electrons. The average molecular weight is 434 g/mol. The fourth-order valence-electron chi connectivity index (χ4n) is 2.35. The van der Waals surface area contributed by atoms with Crippen LogP contribution in [0.2, 0.25) is 10.0 Å². The molecule has 0 fully saturated rings. The van der Waals surface area contributed by atoms with Gasteiger partial charge in [0.1, 0.15) is 5.82 Å². The number of halogens is 3. The molecule has 0 spiro atoms. The van der Waals surface area contributed by atoms with E-state index in [0.29, 0.717) is 5.56 Å². The van der Waals surface area contributed by atoms with Gasteiger partial charge in [0.05, 0.1) is 4.90 Å². The Bertz CT molecular complexity index is 934. The number of sulfonamides is 1. The normalized spacial score (nSPS) is 11.6. The summed E-state index contributed by atoms with van der Waals surface area (Å²) in [5.74, 6) is -1.41. The first-order valence-electron chi connectivity index (χ1n) is 7.77. The standard InChI is InChI=1S/C17H16Cl2FN2O4S/c1-11-9-12(5-6-16(11)20)27(25,26)22(8-7-17(23)21-24)10-13-14(18)3-2-4-15(13)19/h2-6,9H,7-8,10H2,1H3,(H-,21,23,24)/q-1. The quantitative estimate of drug-likeness (QED) is 0.674. The zero-order valence-electron chi connectivity index (χ0n) is 14.2. The van der Waals surface area contributed by atoms with E-state index >= 15 is 0 Å². The van der Waals surface area contributed by atoms with Crippen LogP contribution in [0.1, 0.15) is 17.5 Å². The van der Waals surface area contributed by atoms with Crippen molar-refractivity contribution in [1.29, 1.82) is 0 Å². The van der Waals surface area contributed by atoms with Gasteiger partial charge in [-0.25, -0.2) is 12.8 Å². The van der Waals surface area contributed by atoms with Crippen molar-refractivity contribution in [2.24, 2.45) is 0 Å². The number of rotatable bonds is 7. The molecule has 0 aliphatic rings. The van der Waals surface area contributed by atoms with Gasteiger partial charge in [-0.2, -0.15) is 4.31 Å². The molecule has 2 aromatic carbocycles. The number of carbonyl (C=O) groups is 1. The van der Waals surface area contributed by atoms with E-state index < -0.39 is 21.7 Å². The van der Waals surface area contributed by atoms with Gasteiger partial charge in [0, 0.05) is 35.1 Å². The second-order valence-electron chi connectivity index (χ2n) is 5.73. The van der Waals surface area contributed by atoms with Gasteiger partial charge in [0.25, 0.3) is 0 Å². The maximum atomic E-state index is 13.5. The third kappa shape index (κ3) is 5.18. The van der Waals surface area contributed by atoms with Crippen LogP contribution in [0.15, 0.2) is 41.3 Å². The highest BCUT2D eigenvalue weighted by Gasteiger charge is 2.27. The lowest BCUT2D eigenvalue weighted by Gasteiger charge is -2.24. The van der Waals surface area contributed by atoms with E-state index in [9.17, 15) is 22.8 Å². The highest BCUT2D eigenvalue weighted by atomic mass is 35.5. The summed E-state index contributed by atoms with van der Waals surface area (Å²) in [5.41, 5.74) is 1.71. The highest BCUT2D eigenvalue weighted by Crippen LogP contribution is 2.28. The van der Waals surface area contributed by atoms with Crippen molar-refractivity contribution in [3.8, 4) is 0 Å². The molecule has 0 saturated carbocycles. The molecule has 0 unspecified atom stereocenters. The van der Waals surface area contributed by atoms with Gasteiger partial charge in [-0.05, 0) is 42.8 Å². The number of aryl methyl sites for hydroxylation is 1. The van der Waals surface area contributed by atoms with Crippen LogP contribution in [-0.2, 0) is 21.4 Å². The largest absolute Gasteiger partial charge is 0.759 e. The first kappa shape index (κ1) is 21.6. The van der Waals surface area contributed by atoms with E-state index in [1.165, 1.54) is 18.5 Å². The van der Waals surface area contributed by atoms with E-state index in [1.807, 2.05) is 0 Å². The van der Waals surface area contributed by atoms with Gasteiger partial charge in [0.2, 0.25) is 15.9 Å². The van der Waals surface area contributed by atoms with Gasteiger partial charge >= 0.3 is 0 Å². The number of amides is 1. The fourth-order valence-corrected chi connectivity index (χ4v) is 4.36. The van der Waals surface area contributed by atoms with E-state index in [4.69, 9.17) is 23.2 Å². The highest BCUT2D eigenvalue weighted by molar-refractivity contribution is 7.89. The Hall–Kier alpha value is -1.71. The van der Waals surface area contributed by atoms with Crippen LogP contribution < -0.4 is 5.48 Å². The molecule has 27 heavy (non-hydrogen) atoms. The Labute approximate surface area is 166 Å². The van der Waals surface area contributed by atoms with Crippen LogP contribution >= 0.6 is 23.2 Å². The maximum Gasteiger partial charge on any atom is 0.243 e. The molecule has 0 aliphatic carbocycles. The summed E-state index contributed by atoms with van der Waals surface area (Å²) in [7, 11) is -4.11. The second-order valence-corrected chi connectivity index (χ2v) is 8.48. The fraction of sp³-hybridized carbons (Fsp3) is 0.235. The molecule has 0 bridgehead atoms. The second kappa shape index (κ2) is 8.99. The summed E-state index contributed by atoms with van der Waals surface area (Å²) in [6.45, 7) is 0.937. The lowest BCUT2D eigenvalue weighted by atomic mass is 10.2. The summed E-state index contributed by atoms with van der Waals surface area (Å²) < 4.78 is 40.5. The number of hydrogen-bond acceptors (Lipinski definition) is 4. The smallest absolute Gasteiger partial charge is 0.243 e. The molecule has 0 heterocycles. The summed E-state index contributed by atoms with van der Waals surface area (Å²) in [6, 6.07) is 8.10. The number of nitrogens with zero attached hydrogens (tertiary/aromatic N) is 1. The topological polar surface area (TPSA) is 89.5 Å². The summed E-state index contributed by atoms with van der Waals surface area (Å²) >= 11 is 12.2. The van der Waals surface area contributed by atoms with Crippen molar-refractivity contribution in [3.05, 3.63) is 68.6 Å². The Kier molecular flexibility index (Phi) is 7.19. The SMILES string of the molecule is Cc1cc(S(=O)(=O)N(CCC(=O)N[O-])Cc2c(Cl)cccc2Cl)ccc1F. The molecule has 1 N–H and O–H groups in total. The van der Waals surface area contributed by atoms with Crippen molar-refractivity contribution in [3.63, 3.8) is 0 Å². The van der Waals surface area contributed by atoms with Crippen molar-refractivity contribution >= 4 is 39.1 Å². The minimum absolute atomic E-state index is 0.146. The molecular weight excluding hydrogens is 418 g/mol. The minimum Gasteiger partial charge on any atom is -0.759 e. The van der Waals surface area contributed by atoms with Crippen LogP contribution in [0, 0.1) is 17.9 Å². The predicted octanol–water partition coefficient (Wildman–Crippen LogP) is 3.64. The van der Waals surface area contributed by atoms with Gasteiger partial charge in [0.15, 0.2) is 0 Å². The van der Waals surface area contributed by atoms with E-state index in [1.54, 1.807) is 18.2 Å².